The van der Waals surface area contributed by atoms with Crippen LogP contribution in [0.4, 0.5) is 9.59 Å². The Hall–Kier alpha value is -6.74. The molecule has 9 rings (SSSR count). The normalized spacial score (nSPS) is 20.2. The van der Waals surface area contributed by atoms with E-state index in [1.165, 1.54) is 30.9 Å². The van der Waals surface area contributed by atoms with Crippen LogP contribution in [-0.4, -0.2) is 100 Å². The van der Waals surface area contributed by atoms with Crippen molar-refractivity contribution in [2.24, 2.45) is 11.8 Å². The smallest absolute Gasteiger partial charge is 0.407 e. The van der Waals surface area contributed by atoms with E-state index in [4.69, 9.17) is 24.2 Å². The number of benzene rings is 4. The van der Waals surface area contributed by atoms with E-state index in [2.05, 4.69) is 63.1 Å². The number of likely N-dealkylation sites (tertiary alicyclic amines) is 2. The van der Waals surface area contributed by atoms with Gasteiger partial charge in [-0.2, -0.15) is 0 Å². The maximum atomic E-state index is 14.4. The summed E-state index contributed by atoms with van der Waals surface area (Å²) in [6.45, 7) is 6.83. The minimum absolute atomic E-state index is 0.0159. The van der Waals surface area contributed by atoms with Crippen LogP contribution < -0.4 is 10.6 Å². The molecule has 6 atom stereocenters. The third-order valence-corrected chi connectivity index (χ3v) is 13.8. The average molecular weight is 895 g/mol. The van der Waals surface area contributed by atoms with E-state index in [9.17, 15) is 19.2 Å². The SMILES string of the molecule is COC[C@H]1C[C@@H](c2ncc(-c3ccc(-c4ccc5c(ccc6[nH]c([C@@H]7CC[C@H](C)N7C(=O)[C@@H](NC(=O)OC)C(C)C)nc65)c4)c4c3CCC4)[nH]2)N(C(=O)[C@H](NC(=O)OC)c2ccccc2)C1. The first kappa shape index (κ1) is 44.5. The van der Waals surface area contributed by atoms with Crippen LogP contribution in [0.3, 0.4) is 0 Å². The molecule has 1 aliphatic carbocycles. The molecule has 0 radical (unpaired) electrons. The fourth-order valence-corrected chi connectivity index (χ4v) is 10.6. The van der Waals surface area contributed by atoms with E-state index in [1.54, 1.807) is 7.11 Å². The Morgan fingerprint density at radius 3 is 2.30 bits per heavy atom. The van der Waals surface area contributed by atoms with Crippen molar-refractivity contribution < 1.29 is 33.4 Å². The summed E-state index contributed by atoms with van der Waals surface area (Å²) >= 11 is 0. The number of methoxy groups -OCH3 is 3. The second-order valence-electron chi connectivity index (χ2n) is 18.3. The molecule has 0 spiro atoms. The first-order chi connectivity index (χ1) is 32.0. The molecule has 4 N–H and O–H groups in total. The van der Waals surface area contributed by atoms with Crippen molar-refractivity contribution in [3.63, 3.8) is 0 Å². The number of hydrogen-bond acceptors (Lipinski definition) is 9. The van der Waals surface area contributed by atoms with Crippen molar-refractivity contribution in [1.82, 2.24) is 40.4 Å². The number of rotatable bonds is 12. The summed E-state index contributed by atoms with van der Waals surface area (Å²) in [5, 5.41) is 7.60. The van der Waals surface area contributed by atoms with Gasteiger partial charge >= 0.3 is 12.2 Å². The highest BCUT2D eigenvalue weighted by molar-refractivity contribution is 6.05. The number of aromatic nitrogens is 4. The zero-order valence-electron chi connectivity index (χ0n) is 38.4. The summed E-state index contributed by atoms with van der Waals surface area (Å²) < 4.78 is 15.3. The molecule has 0 bridgehead atoms. The Balaban J connectivity index is 0.986. The van der Waals surface area contributed by atoms with Crippen molar-refractivity contribution in [2.75, 3.05) is 34.5 Å². The van der Waals surface area contributed by atoms with Crippen LogP contribution in [0.2, 0.25) is 0 Å². The van der Waals surface area contributed by atoms with Gasteiger partial charge in [0, 0.05) is 36.6 Å². The number of alkyl carbamates (subject to hydrolysis) is 2. The summed E-state index contributed by atoms with van der Waals surface area (Å²) in [5.74, 6) is 1.01. The number of imidazole rings is 2. The molecular weight excluding hydrogens is 837 g/mol. The summed E-state index contributed by atoms with van der Waals surface area (Å²) in [7, 11) is 4.25. The summed E-state index contributed by atoms with van der Waals surface area (Å²) in [4.78, 5) is 74.0. The van der Waals surface area contributed by atoms with Gasteiger partial charge in [-0.3, -0.25) is 9.59 Å². The highest BCUT2D eigenvalue weighted by Crippen LogP contribution is 2.43. The molecule has 2 fully saturated rings. The van der Waals surface area contributed by atoms with Gasteiger partial charge in [-0.15, -0.1) is 0 Å². The maximum Gasteiger partial charge on any atom is 0.407 e. The molecule has 15 nitrogen and oxygen atoms in total. The fourth-order valence-electron chi connectivity index (χ4n) is 10.6. The molecule has 2 saturated heterocycles. The monoisotopic (exact) mass is 894 g/mol. The second-order valence-corrected chi connectivity index (χ2v) is 18.3. The van der Waals surface area contributed by atoms with Gasteiger partial charge in [0.05, 0.1) is 55.8 Å². The zero-order valence-corrected chi connectivity index (χ0v) is 38.4. The van der Waals surface area contributed by atoms with Crippen LogP contribution in [0, 0.1) is 11.8 Å². The topological polar surface area (TPSA) is 184 Å². The van der Waals surface area contributed by atoms with E-state index in [0.717, 1.165) is 76.6 Å². The minimum atomic E-state index is -0.934. The first-order valence-corrected chi connectivity index (χ1v) is 23.0. The predicted octanol–water partition coefficient (Wildman–Crippen LogP) is 8.33. The number of aromatic amines is 2. The van der Waals surface area contributed by atoms with Gasteiger partial charge in [-0.05, 0) is 96.7 Å². The van der Waals surface area contributed by atoms with E-state index >= 15 is 0 Å². The van der Waals surface area contributed by atoms with E-state index in [0.29, 0.717) is 31.0 Å². The van der Waals surface area contributed by atoms with Crippen molar-refractivity contribution in [3.05, 3.63) is 107 Å². The number of fused-ring (bicyclic) bond motifs is 4. The highest BCUT2D eigenvalue weighted by atomic mass is 16.5. The molecule has 6 aromatic rings. The van der Waals surface area contributed by atoms with Crippen LogP contribution in [-0.2, 0) is 36.6 Å². The molecular formula is C51H58N8O7. The third-order valence-electron chi connectivity index (χ3n) is 13.8. The van der Waals surface area contributed by atoms with Gasteiger partial charge in [0.25, 0.3) is 5.91 Å². The lowest BCUT2D eigenvalue weighted by molar-refractivity contribution is -0.137. The van der Waals surface area contributed by atoms with Gasteiger partial charge < -0.3 is 44.6 Å². The molecule has 66 heavy (non-hydrogen) atoms. The van der Waals surface area contributed by atoms with Crippen molar-refractivity contribution in [1.29, 1.82) is 0 Å². The van der Waals surface area contributed by atoms with E-state index < -0.39 is 24.3 Å². The lowest BCUT2D eigenvalue weighted by Crippen LogP contribution is -2.52. The molecule has 2 aliphatic heterocycles. The van der Waals surface area contributed by atoms with Crippen LogP contribution >= 0.6 is 0 Å². The Labute approximate surface area is 384 Å². The average Bonchev–Trinajstić information content (AvgIpc) is 4.19. The van der Waals surface area contributed by atoms with Gasteiger partial charge in [-0.1, -0.05) is 74.5 Å². The Bertz CT molecular complexity index is 2780. The number of ether oxygens (including phenoxy) is 3. The number of amides is 4. The largest absolute Gasteiger partial charge is 0.453 e. The summed E-state index contributed by atoms with van der Waals surface area (Å²) in [6, 6.07) is 22.1. The maximum absolute atomic E-state index is 14.4. The van der Waals surface area contributed by atoms with Crippen molar-refractivity contribution >= 4 is 45.8 Å². The van der Waals surface area contributed by atoms with E-state index in [-0.39, 0.29) is 41.8 Å². The molecule has 4 aromatic carbocycles. The molecule has 344 valence electrons. The molecule has 15 heteroatoms. The molecule has 4 amide bonds. The quantitative estimate of drug-likeness (QED) is 0.0938. The Morgan fingerprint density at radius 1 is 0.818 bits per heavy atom. The first-order valence-electron chi connectivity index (χ1n) is 23.0. The number of carbonyl (C=O) groups is 4. The Morgan fingerprint density at radius 2 is 1.56 bits per heavy atom. The molecule has 2 aromatic heterocycles. The van der Waals surface area contributed by atoms with Gasteiger partial charge in [0.2, 0.25) is 5.91 Å². The minimum Gasteiger partial charge on any atom is -0.453 e. The van der Waals surface area contributed by atoms with Gasteiger partial charge in [0.15, 0.2) is 0 Å². The van der Waals surface area contributed by atoms with Crippen molar-refractivity contribution in [3.8, 4) is 22.4 Å². The number of H-pyrrole nitrogens is 2. The predicted molar refractivity (Wildman–Crippen MR) is 250 cm³/mol. The highest BCUT2D eigenvalue weighted by Gasteiger charge is 2.43. The second kappa shape index (κ2) is 18.6. The van der Waals surface area contributed by atoms with E-state index in [1.807, 2.05) is 67.1 Å². The molecule has 4 heterocycles. The molecule has 0 unspecified atom stereocenters. The Kier molecular flexibility index (Phi) is 12.5. The van der Waals surface area contributed by atoms with Gasteiger partial charge in [0.1, 0.15) is 23.7 Å². The van der Waals surface area contributed by atoms with Crippen molar-refractivity contribution in [2.45, 2.75) is 89.5 Å². The number of nitrogens with zero attached hydrogens (tertiary/aromatic N) is 4. The zero-order chi connectivity index (χ0) is 46.2. The number of hydrogen-bond donors (Lipinski definition) is 4. The van der Waals surface area contributed by atoms with Crippen LogP contribution in [0.5, 0.6) is 0 Å². The van der Waals surface area contributed by atoms with Crippen LogP contribution in [0.1, 0.15) is 92.9 Å². The summed E-state index contributed by atoms with van der Waals surface area (Å²) in [5.41, 5.74) is 9.38. The third kappa shape index (κ3) is 8.36. The molecule has 0 saturated carbocycles. The van der Waals surface area contributed by atoms with Crippen LogP contribution in [0.15, 0.2) is 79.0 Å². The van der Waals surface area contributed by atoms with Crippen LogP contribution in [0.25, 0.3) is 44.2 Å². The number of nitrogens with one attached hydrogen (secondary N) is 4. The van der Waals surface area contributed by atoms with Gasteiger partial charge in [-0.25, -0.2) is 19.6 Å². The lowest BCUT2D eigenvalue weighted by atomic mass is 9.91. The number of carbonyl (C=O) groups excluding carboxylic acids is 4. The standard InChI is InChI=1S/C51H58N8O7/c1-28(2)43(56-50(62)65-5)49(61)59-29(3)15-22-41(59)47-53-39-21-17-33-24-32(16-18-35(33)45(39)55-47)34-19-20-38(37-14-10-13-36(34)37)40-25-52-46(54-40)42-23-30(27-64-4)26-58(42)48(60)44(57-51(63)66-6)31-11-8-7-9-12-31/h7-9,11-12,16-21,24-25,28-30,41-44H,10,13-15,22-23,26-27H2,1-6H3,(H,52,54)(H,53,55)(H,56,62)(H,57,63)/t29-,30-,41-,42-,43-,44+/m0/s1. The lowest BCUT2D eigenvalue weighted by Gasteiger charge is -2.32. The summed E-state index contributed by atoms with van der Waals surface area (Å²) in [6.07, 6.45) is 5.75. The fraction of sp³-hybridized carbons (Fsp3) is 0.412. The molecule has 3 aliphatic rings.